The summed E-state index contributed by atoms with van der Waals surface area (Å²) in [4.78, 5) is 4.05. The molecule has 0 bridgehead atoms. The highest BCUT2D eigenvalue weighted by Gasteiger charge is 2.12. The summed E-state index contributed by atoms with van der Waals surface area (Å²) < 4.78 is 17.8. The molecule has 2 N–H and O–H groups in total. The smallest absolute Gasteiger partial charge is 0.232 e. The molecule has 1 unspecified atom stereocenters. The average molecular weight is 267 g/mol. The molecular formula is C13H12ClFN2O. The summed E-state index contributed by atoms with van der Waals surface area (Å²) in [5.41, 5.74) is 7.60. The maximum absolute atomic E-state index is 12.8. The summed E-state index contributed by atoms with van der Waals surface area (Å²) in [6.07, 6.45) is 1.60. The van der Waals surface area contributed by atoms with Gasteiger partial charge in [0.25, 0.3) is 0 Å². The summed E-state index contributed by atoms with van der Waals surface area (Å²) >= 11 is 5.98. The van der Waals surface area contributed by atoms with E-state index in [2.05, 4.69) is 4.98 Å². The van der Waals surface area contributed by atoms with E-state index in [1.807, 2.05) is 0 Å². The maximum Gasteiger partial charge on any atom is 0.232 e. The third kappa shape index (κ3) is 2.60. The lowest BCUT2D eigenvalue weighted by molar-refractivity contribution is 0.397. The predicted molar refractivity (Wildman–Crippen MR) is 68.2 cm³/mol. The highest BCUT2D eigenvalue weighted by atomic mass is 35.5. The number of hydrogen-bond donors (Lipinski definition) is 1. The van der Waals surface area contributed by atoms with Gasteiger partial charge in [0.1, 0.15) is 10.8 Å². The Hall–Kier alpha value is -1.65. The fraction of sp³-hybridized carbons (Fsp3) is 0.154. The number of rotatable bonds is 3. The minimum Gasteiger partial charge on any atom is -0.480 e. The highest BCUT2D eigenvalue weighted by Crippen LogP contribution is 2.26. The summed E-state index contributed by atoms with van der Waals surface area (Å²) in [5, 5.41) is 0.396. The van der Waals surface area contributed by atoms with Gasteiger partial charge in [0.05, 0.1) is 13.2 Å². The zero-order chi connectivity index (χ0) is 13.1. The fourth-order valence-corrected chi connectivity index (χ4v) is 1.87. The molecule has 0 saturated heterocycles. The van der Waals surface area contributed by atoms with Gasteiger partial charge in [-0.05, 0) is 29.3 Å². The molecule has 0 aliphatic carbocycles. The van der Waals surface area contributed by atoms with Crippen molar-refractivity contribution in [3.8, 4) is 5.88 Å². The second-order valence-corrected chi connectivity index (χ2v) is 4.20. The number of aromatic nitrogens is 1. The number of nitrogens with zero attached hydrogens (tertiary/aromatic N) is 1. The first-order valence-electron chi connectivity index (χ1n) is 5.32. The molecule has 0 aliphatic rings. The lowest BCUT2D eigenvalue weighted by atomic mass is 10.0. The number of pyridine rings is 1. The monoisotopic (exact) mass is 266 g/mol. The molecule has 1 aromatic carbocycles. The van der Waals surface area contributed by atoms with Crippen LogP contribution in [0.15, 0.2) is 36.5 Å². The number of benzene rings is 1. The zero-order valence-electron chi connectivity index (χ0n) is 9.73. The van der Waals surface area contributed by atoms with E-state index in [9.17, 15) is 4.39 Å². The SMILES string of the molecule is COc1ncc(C(N)c2ccc(F)cc2)cc1Cl. The molecule has 0 spiro atoms. The van der Waals surface area contributed by atoms with E-state index < -0.39 is 6.04 Å². The number of hydrogen-bond acceptors (Lipinski definition) is 3. The van der Waals surface area contributed by atoms with Crippen molar-refractivity contribution in [1.82, 2.24) is 4.98 Å². The lowest BCUT2D eigenvalue weighted by Crippen LogP contribution is -2.12. The average Bonchev–Trinajstić information content (AvgIpc) is 2.38. The van der Waals surface area contributed by atoms with Gasteiger partial charge < -0.3 is 10.5 Å². The van der Waals surface area contributed by atoms with Crippen LogP contribution in [-0.2, 0) is 0 Å². The normalized spacial score (nSPS) is 12.2. The van der Waals surface area contributed by atoms with Crippen LogP contribution in [0.5, 0.6) is 5.88 Å². The van der Waals surface area contributed by atoms with Crippen molar-refractivity contribution >= 4 is 11.6 Å². The van der Waals surface area contributed by atoms with Crippen molar-refractivity contribution < 1.29 is 9.13 Å². The van der Waals surface area contributed by atoms with Crippen LogP contribution in [0.2, 0.25) is 5.02 Å². The maximum atomic E-state index is 12.8. The first kappa shape index (κ1) is 12.8. The van der Waals surface area contributed by atoms with E-state index >= 15 is 0 Å². The van der Waals surface area contributed by atoms with E-state index in [0.717, 1.165) is 11.1 Å². The number of methoxy groups -OCH3 is 1. The van der Waals surface area contributed by atoms with Gasteiger partial charge >= 0.3 is 0 Å². The van der Waals surface area contributed by atoms with Gasteiger partial charge in [-0.2, -0.15) is 0 Å². The molecule has 94 valence electrons. The summed E-state index contributed by atoms with van der Waals surface area (Å²) in [6, 6.07) is 7.31. The Balaban J connectivity index is 2.31. The zero-order valence-corrected chi connectivity index (χ0v) is 10.5. The second kappa shape index (κ2) is 5.33. The van der Waals surface area contributed by atoms with E-state index in [0.29, 0.717) is 10.9 Å². The molecule has 2 aromatic rings. The Bertz CT molecular complexity index is 545. The minimum absolute atomic E-state index is 0.295. The topological polar surface area (TPSA) is 48.1 Å². The second-order valence-electron chi connectivity index (χ2n) is 3.79. The van der Waals surface area contributed by atoms with Crippen LogP contribution in [0.1, 0.15) is 17.2 Å². The molecule has 2 rings (SSSR count). The van der Waals surface area contributed by atoms with Crippen molar-refractivity contribution in [3.63, 3.8) is 0 Å². The number of ether oxygens (including phenoxy) is 1. The first-order valence-corrected chi connectivity index (χ1v) is 5.70. The molecular weight excluding hydrogens is 255 g/mol. The van der Waals surface area contributed by atoms with Gasteiger partial charge in [0.2, 0.25) is 5.88 Å². The van der Waals surface area contributed by atoms with Gasteiger partial charge in [0, 0.05) is 6.20 Å². The van der Waals surface area contributed by atoms with Gasteiger partial charge in [-0.3, -0.25) is 0 Å². The van der Waals surface area contributed by atoms with Crippen LogP contribution in [-0.4, -0.2) is 12.1 Å². The molecule has 1 atom stereocenters. The largest absolute Gasteiger partial charge is 0.480 e. The molecule has 5 heteroatoms. The van der Waals surface area contributed by atoms with Crippen LogP contribution in [0, 0.1) is 5.82 Å². The van der Waals surface area contributed by atoms with E-state index in [1.165, 1.54) is 19.2 Å². The lowest BCUT2D eigenvalue weighted by Gasteiger charge is -2.13. The molecule has 0 amide bonds. The standard InChI is InChI=1S/C13H12ClFN2O/c1-18-13-11(14)6-9(7-17-13)12(16)8-2-4-10(15)5-3-8/h2-7,12H,16H2,1H3. The predicted octanol–water partition coefficient (Wildman–Crippen LogP) is 2.93. The van der Waals surface area contributed by atoms with E-state index in [-0.39, 0.29) is 5.82 Å². The Morgan fingerprint density at radius 3 is 2.50 bits per heavy atom. The Morgan fingerprint density at radius 2 is 1.94 bits per heavy atom. The molecule has 0 fully saturated rings. The first-order chi connectivity index (χ1) is 8.61. The minimum atomic E-state index is -0.401. The molecule has 3 nitrogen and oxygen atoms in total. The van der Waals surface area contributed by atoms with Crippen LogP contribution in [0.4, 0.5) is 4.39 Å². The van der Waals surface area contributed by atoms with Gasteiger partial charge in [-0.1, -0.05) is 23.7 Å². The molecule has 0 radical (unpaired) electrons. The van der Waals surface area contributed by atoms with Crippen LogP contribution in [0.25, 0.3) is 0 Å². The highest BCUT2D eigenvalue weighted by molar-refractivity contribution is 6.31. The molecule has 0 saturated carbocycles. The van der Waals surface area contributed by atoms with E-state index in [4.69, 9.17) is 22.1 Å². The summed E-state index contributed by atoms with van der Waals surface area (Å²) in [6.45, 7) is 0. The van der Waals surface area contributed by atoms with E-state index in [1.54, 1.807) is 24.4 Å². The van der Waals surface area contributed by atoms with Gasteiger partial charge in [-0.15, -0.1) is 0 Å². The molecule has 1 heterocycles. The fourth-order valence-electron chi connectivity index (χ4n) is 1.62. The van der Waals surface area contributed by atoms with Crippen molar-refractivity contribution in [2.24, 2.45) is 5.73 Å². The Morgan fingerprint density at radius 1 is 1.28 bits per heavy atom. The van der Waals surface area contributed by atoms with Crippen LogP contribution < -0.4 is 10.5 Å². The Labute approximate surface area is 109 Å². The van der Waals surface area contributed by atoms with Crippen molar-refractivity contribution in [3.05, 3.63) is 58.5 Å². The summed E-state index contributed by atoms with van der Waals surface area (Å²) in [5.74, 6) is 0.0589. The quantitative estimate of drug-likeness (QED) is 0.929. The number of halogens is 2. The molecule has 18 heavy (non-hydrogen) atoms. The van der Waals surface area contributed by atoms with Gasteiger partial charge in [-0.25, -0.2) is 9.37 Å². The van der Waals surface area contributed by atoms with Gasteiger partial charge in [0.15, 0.2) is 0 Å². The third-order valence-corrected chi connectivity index (χ3v) is 2.88. The van der Waals surface area contributed by atoms with Crippen molar-refractivity contribution in [1.29, 1.82) is 0 Å². The molecule has 0 aliphatic heterocycles. The summed E-state index contributed by atoms with van der Waals surface area (Å²) in [7, 11) is 1.49. The molecule has 1 aromatic heterocycles. The van der Waals surface area contributed by atoms with Crippen molar-refractivity contribution in [2.45, 2.75) is 6.04 Å². The third-order valence-electron chi connectivity index (χ3n) is 2.61. The number of nitrogens with two attached hydrogens (primary N) is 1. The Kier molecular flexibility index (Phi) is 3.79. The van der Waals surface area contributed by atoms with Crippen LogP contribution >= 0.6 is 11.6 Å². The van der Waals surface area contributed by atoms with Crippen LogP contribution in [0.3, 0.4) is 0 Å². The van der Waals surface area contributed by atoms with Crippen molar-refractivity contribution in [2.75, 3.05) is 7.11 Å².